The lowest BCUT2D eigenvalue weighted by Crippen LogP contribution is -2.47. The Hall–Kier alpha value is -3.23. The minimum atomic E-state index is -0.986. The van der Waals surface area contributed by atoms with Crippen molar-refractivity contribution in [2.45, 2.75) is 57.8 Å². The van der Waals surface area contributed by atoms with Crippen LogP contribution in [0.1, 0.15) is 54.1 Å². The molecular weight excluding hydrogens is 400 g/mol. The molecule has 1 aromatic heterocycles. The number of amides is 2. The molecule has 3 aliphatic rings. The van der Waals surface area contributed by atoms with Gasteiger partial charge in [0.15, 0.2) is 11.5 Å². The van der Waals surface area contributed by atoms with Gasteiger partial charge in [-0.1, -0.05) is 0 Å². The molecule has 2 aliphatic heterocycles. The number of fused-ring (bicyclic) bond motifs is 2. The first-order valence-electron chi connectivity index (χ1n) is 10.7. The molecular formula is C22H26N4O5. The lowest BCUT2D eigenvalue weighted by molar-refractivity contribution is -0.121. The van der Waals surface area contributed by atoms with Gasteiger partial charge in [0.25, 0.3) is 11.7 Å². The summed E-state index contributed by atoms with van der Waals surface area (Å²) in [7, 11) is 0. The number of carboxylic acid groups (broad SMARTS) is 1. The van der Waals surface area contributed by atoms with E-state index in [-0.39, 0.29) is 17.9 Å². The van der Waals surface area contributed by atoms with Gasteiger partial charge < -0.3 is 29.8 Å². The summed E-state index contributed by atoms with van der Waals surface area (Å²) >= 11 is 0. The zero-order valence-electron chi connectivity index (χ0n) is 17.6. The Morgan fingerprint density at radius 3 is 2.71 bits per heavy atom. The second kappa shape index (κ2) is 7.18. The van der Waals surface area contributed by atoms with Gasteiger partial charge in [0.05, 0.1) is 17.6 Å². The fraction of sp³-hybridized carbons (Fsp3) is 0.500. The van der Waals surface area contributed by atoms with Crippen LogP contribution >= 0.6 is 0 Å². The summed E-state index contributed by atoms with van der Waals surface area (Å²) in [6.45, 7) is 4.42. The van der Waals surface area contributed by atoms with E-state index in [2.05, 4.69) is 15.6 Å². The van der Waals surface area contributed by atoms with Crippen LogP contribution in [0, 0.1) is 12.8 Å². The van der Waals surface area contributed by atoms with E-state index in [1.807, 2.05) is 24.6 Å². The summed E-state index contributed by atoms with van der Waals surface area (Å²) in [6.07, 6.45) is 8.02. The number of carbonyl (C=O) groups is 2. The van der Waals surface area contributed by atoms with E-state index >= 15 is 0 Å². The lowest BCUT2D eigenvalue weighted by Gasteiger charge is -2.37. The van der Waals surface area contributed by atoms with Crippen molar-refractivity contribution in [1.29, 1.82) is 0 Å². The molecule has 2 aromatic rings. The number of imidazole rings is 1. The predicted octanol–water partition coefficient (Wildman–Crippen LogP) is 2.78. The third-order valence-corrected chi connectivity index (χ3v) is 6.78. The zero-order valence-corrected chi connectivity index (χ0v) is 17.6. The van der Waals surface area contributed by atoms with Crippen LogP contribution in [-0.4, -0.2) is 45.0 Å². The van der Waals surface area contributed by atoms with E-state index in [1.54, 1.807) is 12.5 Å². The molecule has 0 radical (unpaired) electrons. The third-order valence-electron chi connectivity index (χ3n) is 6.78. The molecule has 0 bridgehead atoms. The van der Waals surface area contributed by atoms with Gasteiger partial charge in [-0.25, -0.2) is 9.78 Å². The van der Waals surface area contributed by atoms with Gasteiger partial charge in [-0.05, 0) is 44.6 Å². The quantitative estimate of drug-likeness (QED) is 0.695. The van der Waals surface area contributed by atoms with Crippen molar-refractivity contribution in [2.75, 3.05) is 6.54 Å². The molecule has 2 amide bonds. The number of benzene rings is 1. The van der Waals surface area contributed by atoms with Gasteiger partial charge in [-0.3, -0.25) is 4.79 Å². The first-order chi connectivity index (χ1) is 14.9. The zero-order chi connectivity index (χ0) is 21.8. The summed E-state index contributed by atoms with van der Waals surface area (Å²) in [5.74, 6) is 0.384. The number of hydrogen-bond acceptors (Lipinski definition) is 5. The minimum Gasteiger partial charge on any atom is -0.465 e. The van der Waals surface area contributed by atoms with Gasteiger partial charge >= 0.3 is 6.09 Å². The van der Waals surface area contributed by atoms with Crippen LogP contribution < -0.4 is 20.1 Å². The van der Waals surface area contributed by atoms with Crippen LogP contribution in [-0.2, 0) is 6.42 Å². The first-order valence-corrected chi connectivity index (χ1v) is 10.7. The Bertz CT molecular complexity index is 1040. The maximum absolute atomic E-state index is 12.7. The third kappa shape index (κ3) is 3.19. The lowest BCUT2D eigenvalue weighted by atomic mass is 9.81. The largest absolute Gasteiger partial charge is 0.465 e. The highest BCUT2D eigenvalue weighted by molar-refractivity contribution is 6.01. The van der Waals surface area contributed by atoms with E-state index in [0.29, 0.717) is 30.0 Å². The molecule has 1 fully saturated rings. The van der Waals surface area contributed by atoms with Gasteiger partial charge in [0.2, 0.25) is 0 Å². The summed E-state index contributed by atoms with van der Waals surface area (Å²) in [5.41, 5.74) is 3.19. The highest BCUT2D eigenvalue weighted by Gasteiger charge is 2.48. The van der Waals surface area contributed by atoms with Crippen molar-refractivity contribution in [3.63, 3.8) is 0 Å². The van der Waals surface area contributed by atoms with Crippen LogP contribution in [0.2, 0.25) is 0 Å². The van der Waals surface area contributed by atoms with E-state index in [9.17, 15) is 9.59 Å². The highest BCUT2D eigenvalue weighted by atomic mass is 16.7. The number of rotatable bonds is 3. The van der Waals surface area contributed by atoms with Crippen molar-refractivity contribution in [3.05, 3.63) is 35.4 Å². The second-order valence-electron chi connectivity index (χ2n) is 8.68. The summed E-state index contributed by atoms with van der Waals surface area (Å²) in [6, 6.07) is -0.0413. The van der Waals surface area contributed by atoms with Crippen molar-refractivity contribution >= 4 is 12.0 Å². The molecule has 5 rings (SSSR count). The molecule has 9 heteroatoms. The second-order valence-corrected chi connectivity index (χ2v) is 8.68. The number of nitrogens with zero attached hydrogens (tertiary/aromatic N) is 2. The van der Waals surface area contributed by atoms with E-state index in [1.165, 1.54) is 0 Å². The highest BCUT2D eigenvalue weighted by Crippen LogP contribution is 2.53. The maximum atomic E-state index is 12.7. The van der Waals surface area contributed by atoms with Crippen LogP contribution in [0.15, 0.2) is 18.7 Å². The SMILES string of the molecule is Cc1c2c(c(-n3ccnc3)c3c1C(=O)NCC3)OC(C)(C1CCC(NC(=O)O)CC1)O2. The average molecular weight is 426 g/mol. The van der Waals surface area contributed by atoms with Crippen molar-refractivity contribution in [2.24, 2.45) is 5.92 Å². The van der Waals surface area contributed by atoms with Crippen LogP contribution in [0.4, 0.5) is 4.79 Å². The fourth-order valence-corrected chi connectivity index (χ4v) is 5.22. The van der Waals surface area contributed by atoms with Crippen LogP contribution in [0.5, 0.6) is 11.5 Å². The molecule has 1 aliphatic carbocycles. The molecule has 0 spiro atoms. The predicted molar refractivity (Wildman–Crippen MR) is 111 cm³/mol. The number of ether oxygens (including phenoxy) is 2. The maximum Gasteiger partial charge on any atom is 0.404 e. The molecule has 1 aromatic carbocycles. The first kappa shape index (κ1) is 19.7. The smallest absolute Gasteiger partial charge is 0.404 e. The van der Waals surface area contributed by atoms with E-state index in [4.69, 9.17) is 14.6 Å². The van der Waals surface area contributed by atoms with Crippen molar-refractivity contribution in [1.82, 2.24) is 20.2 Å². The molecule has 1 unspecified atom stereocenters. The Balaban J connectivity index is 1.52. The Labute approximate surface area is 179 Å². The monoisotopic (exact) mass is 426 g/mol. The van der Waals surface area contributed by atoms with Crippen molar-refractivity contribution in [3.8, 4) is 17.2 Å². The Morgan fingerprint density at radius 1 is 1.29 bits per heavy atom. The van der Waals surface area contributed by atoms with Gasteiger partial charge in [0, 0.05) is 43.4 Å². The van der Waals surface area contributed by atoms with Crippen LogP contribution in [0.3, 0.4) is 0 Å². The Morgan fingerprint density at radius 2 is 2.03 bits per heavy atom. The van der Waals surface area contributed by atoms with E-state index < -0.39 is 11.9 Å². The van der Waals surface area contributed by atoms with E-state index in [0.717, 1.165) is 42.5 Å². The number of aromatic nitrogens is 2. The molecule has 9 nitrogen and oxygen atoms in total. The molecule has 1 atom stereocenters. The summed E-state index contributed by atoms with van der Waals surface area (Å²) < 4.78 is 14.9. The molecule has 164 valence electrons. The summed E-state index contributed by atoms with van der Waals surface area (Å²) in [5, 5.41) is 14.5. The minimum absolute atomic E-state index is 0.0413. The summed E-state index contributed by atoms with van der Waals surface area (Å²) in [4.78, 5) is 27.9. The molecule has 3 heterocycles. The topological polar surface area (TPSA) is 115 Å². The van der Waals surface area contributed by atoms with Crippen molar-refractivity contribution < 1.29 is 24.2 Å². The molecule has 3 N–H and O–H groups in total. The molecule has 0 saturated heterocycles. The number of nitrogens with one attached hydrogen (secondary N) is 2. The van der Waals surface area contributed by atoms with Gasteiger partial charge in [-0.2, -0.15) is 0 Å². The Kier molecular flexibility index (Phi) is 4.56. The normalized spacial score (nSPS) is 26.8. The standard InChI is InChI=1S/C22H26N4O5/c1-12-16-15(7-8-24-20(16)27)17(26-10-9-23-11-26)19-18(12)30-22(2,31-19)13-3-5-14(6-4-13)25-21(28)29/h9-11,13-14,25H,3-8H2,1-2H3,(H,24,27)(H,28,29). The fourth-order valence-electron chi connectivity index (χ4n) is 5.22. The van der Waals surface area contributed by atoms with Gasteiger partial charge in [-0.15, -0.1) is 0 Å². The average Bonchev–Trinajstić information content (AvgIpc) is 3.37. The number of carbonyl (C=O) groups excluding carboxylic acids is 1. The molecule has 31 heavy (non-hydrogen) atoms. The number of hydrogen-bond donors (Lipinski definition) is 3. The van der Waals surface area contributed by atoms with Gasteiger partial charge in [0.1, 0.15) is 0 Å². The van der Waals surface area contributed by atoms with Crippen LogP contribution in [0.25, 0.3) is 5.69 Å². The molecule has 1 saturated carbocycles.